The maximum absolute atomic E-state index is 5.62. The number of epoxide rings is 1. The Kier molecular flexibility index (Phi) is 2.73. The fourth-order valence-electron chi connectivity index (χ4n) is 2.27. The average molecular weight is 220 g/mol. The van der Waals surface area contributed by atoms with Crippen LogP contribution in [0.5, 0.6) is 0 Å². The van der Waals surface area contributed by atoms with Crippen LogP contribution in [0.4, 0.5) is 0 Å². The molecule has 0 saturated carbocycles. The van der Waals surface area contributed by atoms with E-state index in [2.05, 4.69) is 57.3 Å². The zero-order chi connectivity index (χ0) is 11.1. The molecule has 1 aromatic carbocycles. The Morgan fingerprint density at radius 1 is 1.20 bits per heavy atom. The van der Waals surface area contributed by atoms with Crippen LogP contribution in [-0.4, -0.2) is 20.3 Å². The summed E-state index contributed by atoms with van der Waals surface area (Å²) < 4.78 is 5.62. The van der Waals surface area contributed by atoms with Gasteiger partial charge in [0.15, 0.2) is 0 Å². The Balaban J connectivity index is 2.19. The van der Waals surface area contributed by atoms with Gasteiger partial charge >= 0.3 is 0 Å². The molecule has 1 fully saturated rings. The van der Waals surface area contributed by atoms with Gasteiger partial charge in [0.1, 0.15) is 0 Å². The molecule has 1 aliphatic rings. The summed E-state index contributed by atoms with van der Waals surface area (Å²) in [6.45, 7) is 9.42. The quantitative estimate of drug-likeness (QED) is 0.564. The first-order valence-electron chi connectivity index (χ1n) is 5.74. The SMILES string of the molecule is C[C@@H]1O[C@@H]1[C@H](C)[Si](C)(C)c1ccccc1. The summed E-state index contributed by atoms with van der Waals surface area (Å²) >= 11 is 0. The van der Waals surface area contributed by atoms with E-state index in [9.17, 15) is 0 Å². The van der Waals surface area contributed by atoms with Crippen LogP contribution in [0.3, 0.4) is 0 Å². The zero-order valence-electron chi connectivity index (χ0n) is 10.0. The van der Waals surface area contributed by atoms with Crippen molar-refractivity contribution in [1.82, 2.24) is 0 Å². The second kappa shape index (κ2) is 3.76. The Morgan fingerprint density at radius 2 is 1.73 bits per heavy atom. The number of ether oxygens (including phenoxy) is 1. The van der Waals surface area contributed by atoms with Gasteiger partial charge in [-0.15, -0.1) is 0 Å². The highest BCUT2D eigenvalue weighted by Gasteiger charge is 2.46. The summed E-state index contributed by atoms with van der Waals surface area (Å²) in [4.78, 5) is 0. The Bertz CT molecular complexity index is 334. The lowest BCUT2D eigenvalue weighted by Gasteiger charge is -2.29. The smallest absolute Gasteiger partial charge is 0.0860 e. The van der Waals surface area contributed by atoms with Gasteiger partial charge in [-0.2, -0.15) is 0 Å². The normalized spacial score (nSPS) is 27.5. The molecule has 1 nitrogen and oxygen atoms in total. The molecule has 0 radical (unpaired) electrons. The standard InChI is InChI=1S/C13H20OSi/c1-10-13(14-10)11(2)15(3,4)12-8-6-5-7-9-12/h5-11,13H,1-4H3/t10-,11-,13-/m0/s1. The van der Waals surface area contributed by atoms with Gasteiger partial charge in [-0.05, 0) is 12.5 Å². The van der Waals surface area contributed by atoms with Gasteiger partial charge in [0, 0.05) is 0 Å². The minimum atomic E-state index is -1.35. The fraction of sp³-hybridized carbons (Fsp3) is 0.538. The van der Waals surface area contributed by atoms with E-state index in [1.165, 1.54) is 0 Å². The lowest BCUT2D eigenvalue weighted by Crippen LogP contribution is -2.47. The maximum Gasteiger partial charge on any atom is 0.0860 e. The molecule has 0 unspecified atom stereocenters. The van der Waals surface area contributed by atoms with Crippen LogP contribution in [0, 0.1) is 0 Å². The average Bonchev–Trinajstić information content (AvgIpc) is 2.95. The van der Waals surface area contributed by atoms with Gasteiger partial charge in [0.05, 0.1) is 20.3 Å². The molecule has 0 spiro atoms. The first-order valence-corrected chi connectivity index (χ1v) is 8.82. The Morgan fingerprint density at radius 3 is 2.20 bits per heavy atom. The number of hydrogen-bond donors (Lipinski definition) is 0. The van der Waals surface area contributed by atoms with Gasteiger partial charge in [-0.3, -0.25) is 0 Å². The molecule has 0 bridgehead atoms. The van der Waals surface area contributed by atoms with Crippen molar-refractivity contribution in [2.75, 3.05) is 0 Å². The summed E-state index contributed by atoms with van der Waals surface area (Å²) in [5.41, 5.74) is 0.704. The van der Waals surface area contributed by atoms with Crippen molar-refractivity contribution >= 4 is 13.3 Å². The van der Waals surface area contributed by atoms with Gasteiger partial charge < -0.3 is 4.74 Å². The van der Waals surface area contributed by atoms with Crippen LogP contribution in [-0.2, 0) is 4.74 Å². The molecule has 3 atom stereocenters. The molecule has 0 amide bonds. The van der Waals surface area contributed by atoms with E-state index in [1.807, 2.05) is 0 Å². The van der Waals surface area contributed by atoms with Crippen molar-refractivity contribution in [2.45, 2.75) is 44.7 Å². The van der Waals surface area contributed by atoms with Crippen molar-refractivity contribution in [3.8, 4) is 0 Å². The van der Waals surface area contributed by atoms with Crippen molar-refractivity contribution in [3.63, 3.8) is 0 Å². The highest BCUT2D eigenvalue weighted by atomic mass is 28.3. The van der Waals surface area contributed by atoms with E-state index in [0.717, 1.165) is 0 Å². The maximum atomic E-state index is 5.62. The molecule has 82 valence electrons. The van der Waals surface area contributed by atoms with Crippen LogP contribution < -0.4 is 5.19 Å². The molecule has 0 aromatic heterocycles. The van der Waals surface area contributed by atoms with E-state index < -0.39 is 8.07 Å². The first kappa shape index (κ1) is 10.9. The zero-order valence-corrected chi connectivity index (χ0v) is 11.0. The lowest BCUT2D eigenvalue weighted by atomic mass is 10.3. The lowest BCUT2D eigenvalue weighted by molar-refractivity contribution is 0.373. The van der Waals surface area contributed by atoms with Crippen LogP contribution in [0.15, 0.2) is 30.3 Å². The number of rotatable bonds is 3. The molecule has 2 heteroatoms. The molecule has 1 saturated heterocycles. The first-order chi connectivity index (χ1) is 7.03. The minimum Gasteiger partial charge on any atom is -0.370 e. The van der Waals surface area contributed by atoms with Crippen molar-refractivity contribution < 1.29 is 4.74 Å². The van der Waals surface area contributed by atoms with Crippen molar-refractivity contribution in [1.29, 1.82) is 0 Å². The van der Waals surface area contributed by atoms with Crippen molar-refractivity contribution in [3.05, 3.63) is 30.3 Å². The van der Waals surface area contributed by atoms with E-state index in [-0.39, 0.29) is 0 Å². The third kappa shape index (κ3) is 2.01. The predicted molar refractivity (Wildman–Crippen MR) is 67.3 cm³/mol. The number of hydrogen-bond acceptors (Lipinski definition) is 1. The molecular weight excluding hydrogens is 200 g/mol. The Labute approximate surface area is 93.5 Å². The van der Waals surface area contributed by atoms with Crippen molar-refractivity contribution in [2.24, 2.45) is 0 Å². The van der Waals surface area contributed by atoms with Crippen LogP contribution in [0.2, 0.25) is 18.6 Å². The Hall–Kier alpha value is -0.603. The third-order valence-electron chi connectivity index (χ3n) is 3.91. The molecule has 2 rings (SSSR count). The molecule has 0 N–H and O–H groups in total. The van der Waals surface area contributed by atoms with Gasteiger partial charge in [-0.1, -0.05) is 55.5 Å². The fourth-order valence-corrected chi connectivity index (χ4v) is 5.02. The highest BCUT2D eigenvalue weighted by molar-refractivity contribution is 6.91. The van der Waals surface area contributed by atoms with Gasteiger partial charge in [0.25, 0.3) is 0 Å². The van der Waals surface area contributed by atoms with Gasteiger partial charge in [-0.25, -0.2) is 0 Å². The second-order valence-electron chi connectivity index (χ2n) is 5.18. The van der Waals surface area contributed by atoms with Crippen LogP contribution in [0.1, 0.15) is 13.8 Å². The molecular formula is C13H20OSi. The second-order valence-corrected chi connectivity index (χ2v) is 10.1. The topological polar surface area (TPSA) is 12.5 Å². The van der Waals surface area contributed by atoms with E-state index in [0.29, 0.717) is 17.7 Å². The molecule has 1 heterocycles. The predicted octanol–water partition coefficient (Wildman–Crippen LogP) is 2.78. The molecule has 1 aliphatic heterocycles. The van der Waals surface area contributed by atoms with Crippen LogP contribution in [0.25, 0.3) is 0 Å². The monoisotopic (exact) mass is 220 g/mol. The van der Waals surface area contributed by atoms with E-state index in [4.69, 9.17) is 4.74 Å². The minimum absolute atomic E-state index is 0.482. The van der Waals surface area contributed by atoms with Gasteiger partial charge in [0.2, 0.25) is 0 Å². The molecule has 0 aliphatic carbocycles. The largest absolute Gasteiger partial charge is 0.370 e. The summed E-state index contributed by atoms with van der Waals surface area (Å²) in [7, 11) is -1.35. The molecule has 1 aromatic rings. The summed E-state index contributed by atoms with van der Waals surface area (Å²) in [6, 6.07) is 10.9. The third-order valence-corrected chi connectivity index (χ3v) is 8.33. The van der Waals surface area contributed by atoms with E-state index in [1.54, 1.807) is 5.19 Å². The highest BCUT2D eigenvalue weighted by Crippen LogP contribution is 2.38. The summed E-state index contributed by atoms with van der Waals surface area (Å²) in [6.07, 6.45) is 0.988. The summed E-state index contributed by atoms with van der Waals surface area (Å²) in [5, 5.41) is 1.54. The molecule has 15 heavy (non-hydrogen) atoms. The number of benzene rings is 1. The van der Waals surface area contributed by atoms with Crippen LogP contribution >= 0.6 is 0 Å². The van der Waals surface area contributed by atoms with E-state index >= 15 is 0 Å². The summed E-state index contributed by atoms with van der Waals surface area (Å²) in [5.74, 6) is 0.